The summed E-state index contributed by atoms with van der Waals surface area (Å²) in [6.45, 7) is 1.05. The van der Waals surface area contributed by atoms with Crippen LogP contribution in [0, 0.1) is 0 Å². The quantitative estimate of drug-likeness (QED) is 0.818. The number of aryl methyl sites for hydroxylation is 1. The highest BCUT2D eigenvalue weighted by Crippen LogP contribution is 2.20. The number of aromatic nitrogens is 2. The van der Waals surface area contributed by atoms with E-state index in [1.165, 1.54) is 0 Å². The molecule has 0 atom stereocenters. The SMILES string of the molecule is CCOC(=O)c1cc(C(N)=O)n(CCC(F)(F)F)n1. The van der Waals surface area contributed by atoms with Crippen LogP contribution in [0.5, 0.6) is 0 Å². The molecule has 0 aliphatic heterocycles. The highest BCUT2D eigenvalue weighted by molar-refractivity contribution is 5.95. The van der Waals surface area contributed by atoms with Gasteiger partial charge in [-0.1, -0.05) is 0 Å². The van der Waals surface area contributed by atoms with E-state index >= 15 is 0 Å². The molecule has 0 saturated carbocycles. The summed E-state index contributed by atoms with van der Waals surface area (Å²) in [5.74, 6) is -1.79. The maximum atomic E-state index is 12.1. The Morgan fingerprint density at radius 3 is 2.58 bits per heavy atom. The molecule has 0 radical (unpaired) electrons. The normalized spacial score (nSPS) is 11.4. The maximum absolute atomic E-state index is 12.1. The lowest BCUT2D eigenvalue weighted by atomic mass is 10.3. The first kappa shape index (κ1) is 15.0. The van der Waals surface area contributed by atoms with E-state index in [9.17, 15) is 22.8 Å². The van der Waals surface area contributed by atoms with Gasteiger partial charge >= 0.3 is 12.1 Å². The second-order valence-electron chi connectivity index (χ2n) is 3.59. The van der Waals surface area contributed by atoms with Crippen molar-refractivity contribution in [2.75, 3.05) is 6.61 Å². The van der Waals surface area contributed by atoms with E-state index in [4.69, 9.17) is 5.73 Å². The van der Waals surface area contributed by atoms with Crippen LogP contribution in [0.2, 0.25) is 0 Å². The van der Waals surface area contributed by atoms with Crippen molar-refractivity contribution in [1.29, 1.82) is 0 Å². The monoisotopic (exact) mass is 279 g/mol. The Morgan fingerprint density at radius 1 is 1.47 bits per heavy atom. The number of ether oxygens (including phenoxy) is 1. The van der Waals surface area contributed by atoms with E-state index in [1.54, 1.807) is 6.92 Å². The number of amides is 1. The number of primary amides is 1. The molecule has 0 fully saturated rings. The van der Waals surface area contributed by atoms with Crippen LogP contribution in [-0.4, -0.2) is 34.4 Å². The van der Waals surface area contributed by atoms with Crippen molar-refractivity contribution >= 4 is 11.9 Å². The third-order valence-corrected chi connectivity index (χ3v) is 2.12. The molecular weight excluding hydrogens is 267 g/mol. The number of nitrogens with zero attached hydrogens (tertiary/aromatic N) is 2. The van der Waals surface area contributed by atoms with Crippen LogP contribution in [0.4, 0.5) is 13.2 Å². The first-order valence-corrected chi connectivity index (χ1v) is 5.36. The summed E-state index contributed by atoms with van der Waals surface area (Å²) in [5, 5.41) is 3.59. The molecule has 1 rings (SSSR count). The number of hydrogen-bond acceptors (Lipinski definition) is 4. The lowest BCUT2D eigenvalue weighted by molar-refractivity contribution is -0.137. The van der Waals surface area contributed by atoms with Crippen molar-refractivity contribution in [2.45, 2.75) is 26.1 Å². The topological polar surface area (TPSA) is 87.2 Å². The van der Waals surface area contributed by atoms with Crippen molar-refractivity contribution in [3.63, 3.8) is 0 Å². The highest BCUT2D eigenvalue weighted by atomic mass is 19.4. The Labute approximate surface area is 106 Å². The zero-order chi connectivity index (χ0) is 14.6. The maximum Gasteiger partial charge on any atom is 0.390 e. The fourth-order valence-electron chi connectivity index (χ4n) is 1.32. The van der Waals surface area contributed by atoms with E-state index in [2.05, 4.69) is 9.84 Å². The zero-order valence-corrected chi connectivity index (χ0v) is 10.0. The number of halogens is 3. The number of nitrogens with two attached hydrogens (primary N) is 1. The van der Waals surface area contributed by atoms with Crippen LogP contribution in [0.15, 0.2) is 6.07 Å². The molecule has 1 amide bonds. The van der Waals surface area contributed by atoms with Gasteiger partial charge in [-0.3, -0.25) is 9.48 Å². The summed E-state index contributed by atoms with van der Waals surface area (Å²) in [5.41, 5.74) is 4.49. The van der Waals surface area contributed by atoms with Gasteiger partial charge in [-0.05, 0) is 6.92 Å². The van der Waals surface area contributed by atoms with Crippen LogP contribution >= 0.6 is 0 Å². The Bertz CT molecular complexity index is 482. The predicted molar refractivity (Wildman–Crippen MR) is 57.4 cm³/mol. The molecule has 0 aliphatic rings. The van der Waals surface area contributed by atoms with Gasteiger partial charge in [0.1, 0.15) is 5.69 Å². The Balaban J connectivity index is 2.95. The molecule has 0 aromatic carbocycles. The average molecular weight is 279 g/mol. The van der Waals surface area contributed by atoms with Crippen LogP contribution in [0.1, 0.15) is 34.3 Å². The van der Waals surface area contributed by atoms with Gasteiger partial charge in [-0.15, -0.1) is 0 Å². The van der Waals surface area contributed by atoms with Gasteiger partial charge < -0.3 is 10.5 Å². The molecule has 9 heteroatoms. The molecule has 1 aromatic rings. The average Bonchev–Trinajstić information content (AvgIpc) is 2.70. The molecule has 0 spiro atoms. The third kappa shape index (κ3) is 4.27. The summed E-state index contributed by atoms with van der Waals surface area (Å²) >= 11 is 0. The zero-order valence-electron chi connectivity index (χ0n) is 10.0. The van der Waals surface area contributed by atoms with Gasteiger partial charge in [0.2, 0.25) is 0 Å². The molecule has 2 N–H and O–H groups in total. The number of carbonyl (C=O) groups excluding carboxylic acids is 2. The minimum atomic E-state index is -4.40. The minimum Gasteiger partial charge on any atom is -0.461 e. The van der Waals surface area contributed by atoms with Crippen LogP contribution in [-0.2, 0) is 11.3 Å². The summed E-state index contributed by atoms with van der Waals surface area (Å²) < 4.78 is 41.7. The summed E-state index contributed by atoms with van der Waals surface area (Å²) in [6.07, 6.45) is -5.58. The van der Waals surface area contributed by atoms with Gasteiger partial charge in [0.05, 0.1) is 19.6 Å². The van der Waals surface area contributed by atoms with E-state index in [-0.39, 0.29) is 18.0 Å². The largest absolute Gasteiger partial charge is 0.461 e. The second-order valence-corrected chi connectivity index (χ2v) is 3.59. The third-order valence-electron chi connectivity index (χ3n) is 2.12. The fourth-order valence-corrected chi connectivity index (χ4v) is 1.32. The summed E-state index contributed by atoms with van der Waals surface area (Å²) in [4.78, 5) is 22.4. The Kier molecular flexibility index (Phi) is 4.52. The number of esters is 1. The van der Waals surface area contributed by atoms with Gasteiger partial charge in [0, 0.05) is 6.07 Å². The fraction of sp³-hybridized carbons (Fsp3) is 0.500. The van der Waals surface area contributed by atoms with Gasteiger partial charge in [0.25, 0.3) is 5.91 Å². The molecule has 6 nitrogen and oxygen atoms in total. The molecule has 19 heavy (non-hydrogen) atoms. The predicted octanol–water partition coefficient (Wildman–Crippen LogP) is 1.11. The number of hydrogen-bond donors (Lipinski definition) is 1. The minimum absolute atomic E-state index is 0.0835. The van der Waals surface area contributed by atoms with Gasteiger partial charge in [-0.25, -0.2) is 4.79 Å². The lowest BCUT2D eigenvalue weighted by Gasteiger charge is -2.07. The summed E-state index contributed by atoms with van der Waals surface area (Å²) in [6, 6.07) is 1.01. The molecule has 1 aromatic heterocycles. The van der Waals surface area contributed by atoms with E-state index < -0.39 is 31.0 Å². The van der Waals surface area contributed by atoms with E-state index in [1.807, 2.05) is 0 Å². The smallest absolute Gasteiger partial charge is 0.390 e. The van der Waals surface area contributed by atoms with Crippen LogP contribution in [0.25, 0.3) is 0 Å². The van der Waals surface area contributed by atoms with E-state index in [0.29, 0.717) is 0 Å². The summed E-state index contributed by atoms with van der Waals surface area (Å²) in [7, 11) is 0. The Hall–Kier alpha value is -2.06. The van der Waals surface area contributed by atoms with Crippen molar-refractivity contribution in [2.24, 2.45) is 5.73 Å². The molecule has 106 valence electrons. The van der Waals surface area contributed by atoms with Crippen molar-refractivity contribution in [1.82, 2.24) is 9.78 Å². The molecule has 0 saturated heterocycles. The first-order chi connectivity index (χ1) is 8.74. The highest BCUT2D eigenvalue weighted by Gasteiger charge is 2.28. The van der Waals surface area contributed by atoms with E-state index in [0.717, 1.165) is 10.7 Å². The molecule has 0 bridgehead atoms. The molecule has 1 heterocycles. The molecule has 0 unspecified atom stereocenters. The number of alkyl halides is 3. The van der Waals surface area contributed by atoms with Crippen LogP contribution in [0.3, 0.4) is 0 Å². The first-order valence-electron chi connectivity index (χ1n) is 5.36. The Morgan fingerprint density at radius 2 is 2.11 bits per heavy atom. The standard InChI is InChI=1S/C10H12F3N3O3/c1-2-19-9(18)6-5-7(8(14)17)16(15-6)4-3-10(11,12)13/h5H,2-4H2,1H3,(H2,14,17). The van der Waals surface area contributed by atoms with Crippen molar-refractivity contribution in [3.05, 3.63) is 17.5 Å². The van der Waals surface area contributed by atoms with Crippen molar-refractivity contribution in [3.8, 4) is 0 Å². The van der Waals surface area contributed by atoms with Gasteiger partial charge in [-0.2, -0.15) is 18.3 Å². The second kappa shape index (κ2) is 5.72. The number of carbonyl (C=O) groups is 2. The number of rotatable bonds is 5. The van der Waals surface area contributed by atoms with Crippen LogP contribution < -0.4 is 5.73 Å². The lowest BCUT2D eigenvalue weighted by Crippen LogP contribution is -2.20. The van der Waals surface area contributed by atoms with Gasteiger partial charge in [0.15, 0.2) is 5.69 Å². The molecular formula is C10H12F3N3O3. The van der Waals surface area contributed by atoms with Crippen molar-refractivity contribution < 1.29 is 27.5 Å². The molecule has 0 aliphatic carbocycles.